The zero-order chi connectivity index (χ0) is 24.2. The van der Waals surface area contributed by atoms with E-state index in [1.807, 2.05) is 55.3 Å². The summed E-state index contributed by atoms with van der Waals surface area (Å²) in [6, 6.07) is 15.0. The third kappa shape index (κ3) is 5.14. The number of carbonyl (C=O) groups is 2. The molecule has 1 aliphatic rings. The molecule has 0 aliphatic carbocycles. The lowest BCUT2D eigenvalue weighted by molar-refractivity contribution is -0.136. The second-order valence-electron chi connectivity index (χ2n) is 8.76. The van der Waals surface area contributed by atoms with Crippen LogP contribution in [-0.2, 0) is 11.2 Å². The van der Waals surface area contributed by atoms with Gasteiger partial charge in [-0.15, -0.1) is 11.3 Å². The molecule has 0 spiro atoms. The third-order valence-corrected chi connectivity index (χ3v) is 7.20. The number of fused-ring (bicyclic) bond motifs is 1. The zero-order valence-electron chi connectivity index (χ0n) is 19.7. The molecule has 0 fully saturated rings. The van der Waals surface area contributed by atoms with E-state index in [4.69, 9.17) is 4.74 Å². The maximum Gasteiger partial charge on any atom is 0.254 e. The summed E-state index contributed by atoms with van der Waals surface area (Å²) in [6.45, 7) is 6.57. The third-order valence-electron chi connectivity index (χ3n) is 6.20. The van der Waals surface area contributed by atoms with Crippen molar-refractivity contribution in [2.24, 2.45) is 0 Å². The van der Waals surface area contributed by atoms with Crippen molar-refractivity contribution in [3.05, 3.63) is 87.4 Å². The van der Waals surface area contributed by atoms with Crippen LogP contribution in [-0.4, -0.2) is 47.4 Å². The molecule has 0 unspecified atom stereocenters. The minimum absolute atomic E-state index is 0.00263. The second kappa shape index (κ2) is 10.4. The van der Waals surface area contributed by atoms with E-state index in [2.05, 4.69) is 0 Å². The Labute approximate surface area is 203 Å². The number of amides is 2. The number of rotatable bonds is 7. The average molecular weight is 481 g/mol. The lowest BCUT2D eigenvalue weighted by Gasteiger charge is -2.37. The number of thiophene rings is 1. The lowest BCUT2D eigenvalue weighted by Crippen LogP contribution is -2.49. The van der Waals surface area contributed by atoms with Crippen molar-refractivity contribution >= 4 is 23.2 Å². The van der Waals surface area contributed by atoms with E-state index in [-0.39, 0.29) is 42.9 Å². The highest BCUT2D eigenvalue weighted by atomic mass is 32.1. The maximum atomic E-state index is 13.6. The standard InChI is InChI=1S/C27H29FN2O3S/c1-18(2)30(27(32)22-7-5-4-6-19(22)3)16-26(31)29-14-12-25-23(13-15-34-25)24(29)17-33-21-10-8-20(28)9-11-21/h4-11,13,15,18,24H,12,14,16-17H2,1-3H3/t24-/m1/s1. The van der Waals surface area contributed by atoms with E-state index < -0.39 is 0 Å². The van der Waals surface area contributed by atoms with E-state index in [9.17, 15) is 14.0 Å². The highest BCUT2D eigenvalue weighted by molar-refractivity contribution is 7.10. The van der Waals surface area contributed by atoms with Crippen molar-refractivity contribution in [3.63, 3.8) is 0 Å². The largest absolute Gasteiger partial charge is 0.491 e. The number of ether oxygens (including phenoxy) is 1. The van der Waals surface area contributed by atoms with Crippen LogP contribution < -0.4 is 4.74 Å². The van der Waals surface area contributed by atoms with Gasteiger partial charge in [-0.2, -0.15) is 0 Å². The molecule has 2 amide bonds. The molecule has 0 N–H and O–H groups in total. The normalized spacial score (nSPS) is 15.2. The maximum absolute atomic E-state index is 13.6. The molecule has 2 heterocycles. The van der Waals surface area contributed by atoms with Gasteiger partial charge >= 0.3 is 0 Å². The first kappa shape index (κ1) is 24.0. The fourth-order valence-electron chi connectivity index (χ4n) is 4.27. The highest BCUT2D eigenvalue weighted by Crippen LogP contribution is 2.34. The van der Waals surface area contributed by atoms with Crippen LogP contribution in [0.5, 0.6) is 5.75 Å². The minimum atomic E-state index is -0.325. The summed E-state index contributed by atoms with van der Waals surface area (Å²) in [7, 11) is 0. The molecule has 34 heavy (non-hydrogen) atoms. The molecule has 5 nitrogen and oxygen atoms in total. The van der Waals surface area contributed by atoms with Crippen LogP contribution in [0.25, 0.3) is 0 Å². The molecule has 1 aromatic heterocycles. The number of carbonyl (C=O) groups excluding carboxylic acids is 2. The Morgan fingerprint density at radius 3 is 2.59 bits per heavy atom. The van der Waals surface area contributed by atoms with Gasteiger partial charge < -0.3 is 14.5 Å². The molecule has 2 aromatic carbocycles. The van der Waals surface area contributed by atoms with E-state index in [0.29, 0.717) is 17.9 Å². The molecule has 0 bridgehead atoms. The summed E-state index contributed by atoms with van der Waals surface area (Å²) in [6.07, 6.45) is 0.777. The average Bonchev–Trinajstić information content (AvgIpc) is 3.31. The van der Waals surface area contributed by atoms with Crippen LogP contribution in [0.15, 0.2) is 60.0 Å². The van der Waals surface area contributed by atoms with E-state index in [1.54, 1.807) is 34.4 Å². The monoisotopic (exact) mass is 480 g/mol. The Bertz CT molecular complexity index is 1160. The molecule has 0 saturated heterocycles. The van der Waals surface area contributed by atoms with Crippen LogP contribution in [0.1, 0.15) is 46.3 Å². The molecule has 0 saturated carbocycles. The van der Waals surface area contributed by atoms with Gasteiger partial charge in [0.05, 0.1) is 6.04 Å². The smallest absolute Gasteiger partial charge is 0.254 e. The van der Waals surface area contributed by atoms with Gasteiger partial charge in [0, 0.05) is 23.0 Å². The lowest BCUT2D eigenvalue weighted by atomic mass is 10.00. The minimum Gasteiger partial charge on any atom is -0.491 e. The number of halogens is 1. The van der Waals surface area contributed by atoms with Crippen LogP contribution in [0, 0.1) is 12.7 Å². The van der Waals surface area contributed by atoms with Crippen molar-refractivity contribution in [1.29, 1.82) is 0 Å². The Balaban J connectivity index is 1.54. The quantitative estimate of drug-likeness (QED) is 0.464. The number of aryl methyl sites for hydroxylation is 1. The van der Waals surface area contributed by atoms with Gasteiger partial charge in [0.2, 0.25) is 5.91 Å². The molecular formula is C27H29FN2O3S. The summed E-state index contributed by atoms with van der Waals surface area (Å²) in [5.41, 5.74) is 2.57. The van der Waals surface area contributed by atoms with Crippen molar-refractivity contribution in [1.82, 2.24) is 9.80 Å². The first-order chi connectivity index (χ1) is 16.3. The van der Waals surface area contributed by atoms with Crippen LogP contribution in [0.2, 0.25) is 0 Å². The fraction of sp³-hybridized carbons (Fsp3) is 0.333. The number of benzene rings is 2. The van der Waals surface area contributed by atoms with Crippen molar-refractivity contribution in [2.45, 2.75) is 39.3 Å². The second-order valence-corrected chi connectivity index (χ2v) is 9.76. The summed E-state index contributed by atoms with van der Waals surface area (Å²) >= 11 is 1.68. The Kier molecular flexibility index (Phi) is 7.32. The molecule has 4 rings (SSSR count). The predicted molar refractivity (Wildman–Crippen MR) is 132 cm³/mol. The van der Waals surface area contributed by atoms with Crippen LogP contribution in [0.4, 0.5) is 4.39 Å². The SMILES string of the molecule is Cc1ccccc1C(=O)N(CC(=O)N1CCc2sccc2[C@H]1COc1ccc(F)cc1)C(C)C. The number of hydrogen-bond donors (Lipinski definition) is 0. The first-order valence-electron chi connectivity index (χ1n) is 11.5. The van der Waals surface area contributed by atoms with Gasteiger partial charge in [-0.25, -0.2) is 4.39 Å². The molecule has 1 atom stereocenters. The number of hydrogen-bond acceptors (Lipinski definition) is 4. The Morgan fingerprint density at radius 2 is 1.88 bits per heavy atom. The van der Waals surface area contributed by atoms with Gasteiger partial charge in [-0.1, -0.05) is 18.2 Å². The predicted octanol–water partition coefficient (Wildman–Crippen LogP) is 5.25. The zero-order valence-corrected chi connectivity index (χ0v) is 20.5. The Hall–Kier alpha value is -3.19. The molecular weight excluding hydrogens is 451 g/mol. The number of nitrogens with zero attached hydrogens (tertiary/aromatic N) is 2. The van der Waals surface area contributed by atoms with Crippen molar-refractivity contribution < 1.29 is 18.7 Å². The van der Waals surface area contributed by atoms with Crippen LogP contribution >= 0.6 is 11.3 Å². The van der Waals surface area contributed by atoms with E-state index in [1.165, 1.54) is 17.0 Å². The summed E-state index contributed by atoms with van der Waals surface area (Å²) in [4.78, 5) is 31.6. The van der Waals surface area contributed by atoms with Gasteiger partial charge in [0.15, 0.2) is 0 Å². The molecule has 178 valence electrons. The fourth-order valence-corrected chi connectivity index (χ4v) is 5.20. The van der Waals surface area contributed by atoms with E-state index in [0.717, 1.165) is 17.5 Å². The molecule has 7 heteroatoms. The first-order valence-corrected chi connectivity index (χ1v) is 12.3. The topological polar surface area (TPSA) is 49.9 Å². The van der Waals surface area contributed by atoms with Gasteiger partial charge in [0.25, 0.3) is 5.91 Å². The van der Waals surface area contributed by atoms with Gasteiger partial charge in [0.1, 0.15) is 24.7 Å². The molecule has 0 radical (unpaired) electrons. The molecule has 3 aromatic rings. The highest BCUT2D eigenvalue weighted by Gasteiger charge is 2.34. The van der Waals surface area contributed by atoms with E-state index >= 15 is 0 Å². The molecule has 1 aliphatic heterocycles. The summed E-state index contributed by atoms with van der Waals surface area (Å²) in [5.74, 6) is -0.0299. The summed E-state index contributed by atoms with van der Waals surface area (Å²) in [5, 5.41) is 2.03. The van der Waals surface area contributed by atoms with Crippen molar-refractivity contribution in [2.75, 3.05) is 19.7 Å². The summed E-state index contributed by atoms with van der Waals surface area (Å²) < 4.78 is 19.2. The van der Waals surface area contributed by atoms with Crippen molar-refractivity contribution in [3.8, 4) is 5.75 Å². The van der Waals surface area contributed by atoms with Crippen LogP contribution in [0.3, 0.4) is 0 Å². The van der Waals surface area contributed by atoms with Gasteiger partial charge in [-0.05, 0) is 80.1 Å². The Morgan fingerprint density at radius 1 is 1.15 bits per heavy atom. The van der Waals surface area contributed by atoms with Gasteiger partial charge in [-0.3, -0.25) is 9.59 Å².